The van der Waals surface area contributed by atoms with E-state index >= 15 is 0 Å². The molecule has 0 bridgehead atoms. The van der Waals surface area contributed by atoms with Crippen LogP contribution >= 0.6 is 0 Å². The quantitative estimate of drug-likeness (QED) is 0.498. The van der Waals surface area contributed by atoms with Gasteiger partial charge in [0.05, 0.1) is 0 Å². The van der Waals surface area contributed by atoms with E-state index in [1.165, 1.54) is 31.3 Å². The molecule has 0 saturated heterocycles. The third kappa shape index (κ3) is 5.72. The van der Waals surface area contributed by atoms with Gasteiger partial charge in [-0.15, -0.1) is 0 Å². The fourth-order valence-electron chi connectivity index (χ4n) is 2.44. The standard InChI is InChI=1S/C16H32/c1-9-16(8,12-15(5,6)7)14(4)11-10-13(2)3/h13H,4,9-12H2,1-3,5-8H3. The van der Waals surface area contributed by atoms with Gasteiger partial charge in [0.1, 0.15) is 0 Å². The van der Waals surface area contributed by atoms with Gasteiger partial charge in [-0.25, -0.2) is 0 Å². The van der Waals surface area contributed by atoms with Crippen LogP contribution in [0.15, 0.2) is 12.2 Å². The predicted octanol–water partition coefficient (Wildman–Crippen LogP) is 5.83. The summed E-state index contributed by atoms with van der Waals surface area (Å²) in [6, 6.07) is 0. The molecule has 0 rings (SSSR count). The second kappa shape index (κ2) is 5.89. The molecule has 1 unspecified atom stereocenters. The summed E-state index contributed by atoms with van der Waals surface area (Å²) in [6.07, 6.45) is 4.92. The van der Waals surface area contributed by atoms with Crippen molar-refractivity contribution in [3.8, 4) is 0 Å². The number of rotatable bonds is 6. The van der Waals surface area contributed by atoms with Crippen molar-refractivity contribution >= 4 is 0 Å². The van der Waals surface area contributed by atoms with Gasteiger partial charge in [-0.3, -0.25) is 0 Å². The Labute approximate surface area is 104 Å². The van der Waals surface area contributed by atoms with Crippen molar-refractivity contribution < 1.29 is 0 Å². The number of hydrogen-bond donors (Lipinski definition) is 0. The Morgan fingerprint density at radius 2 is 1.62 bits per heavy atom. The second-order valence-corrected chi connectivity index (χ2v) is 7.19. The van der Waals surface area contributed by atoms with Crippen molar-refractivity contribution in [3.05, 3.63) is 12.2 Å². The van der Waals surface area contributed by atoms with E-state index in [0.29, 0.717) is 10.8 Å². The Balaban J connectivity index is 4.50. The van der Waals surface area contributed by atoms with Crippen molar-refractivity contribution in [1.82, 2.24) is 0 Å². The molecule has 0 aliphatic rings. The zero-order valence-corrected chi connectivity index (χ0v) is 12.6. The second-order valence-electron chi connectivity index (χ2n) is 7.19. The SMILES string of the molecule is C=C(CCC(C)C)C(C)(CC)CC(C)(C)C. The van der Waals surface area contributed by atoms with Crippen LogP contribution in [-0.2, 0) is 0 Å². The van der Waals surface area contributed by atoms with E-state index in [0.717, 1.165) is 5.92 Å². The minimum atomic E-state index is 0.327. The van der Waals surface area contributed by atoms with Crippen LogP contribution in [0.3, 0.4) is 0 Å². The normalized spacial score (nSPS) is 16.2. The molecule has 0 heterocycles. The molecule has 0 radical (unpaired) electrons. The van der Waals surface area contributed by atoms with E-state index < -0.39 is 0 Å². The summed E-state index contributed by atoms with van der Waals surface area (Å²) < 4.78 is 0. The molecular weight excluding hydrogens is 192 g/mol. The molecule has 0 aromatic heterocycles. The van der Waals surface area contributed by atoms with Crippen LogP contribution in [0.1, 0.15) is 74.1 Å². The highest BCUT2D eigenvalue weighted by atomic mass is 14.4. The van der Waals surface area contributed by atoms with E-state index in [1.807, 2.05) is 0 Å². The maximum atomic E-state index is 4.35. The molecule has 16 heavy (non-hydrogen) atoms. The summed E-state index contributed by atoms with van der Waals surface area (Å²) in [4.78, 5) is 0. The van der Waals surface area contributed by atoms with Crippen molar-refractivity contribution in [3.63, 3.8) is 0 Å². The minimum Gasteiger partial charge on any atom is -0.0993 e. The highest BCUT2D eigenvalue weighted by Crippen LogP contribution is 2.42. The highest BCUT2D eigenvalue weighted by molar-refractivity contribution is 5.09. The Morgan fingerprint density at radius 1 is 1.12 bits per heavy atom. The summed E-state index contributed by atoms with van der Waals surface area (Å²) in [6.45, 7) is 20.6. The van der Waals surface area contributed by atoms with Crippen molar-refractivity contribution in [2.24, 2.45) is 16.7 Å². The monoisotopic (exact) mass is 224 g/mol. The molecule has 0 amide bonds. The van der Waals surface area contributed by atoms with E-state index in [2.05, 4.69) is 55.0 Å². The van der Waals surface area contributed by atoms with Crippen molar-refractivity contribution in [1.29, 1.82) is 0 Å². The first-order valence-electron chi connectivity index (χ1n) is 6.79. The van der Waals surface area contributed by atoms with Crippen LogP contribution in [0.5, 0.6) is 0 Å². The lowest BCUT2D eigenvalue weighted by Gasteiger charge is -2.37. The molecular formula is C16H32. The Bertz CT molecular complexity index is 217. The van der Waals surface area contributed by atoms with Gasteiger partial charge in [-0.1, -0.05) is 60.6 Å². The average molecular weight is 224 g/mol. The van der Waals surface area contributed by atoms with Gasteiger partial charge < -0.3 is 0 Å². The van der Waals surface area contributed by atoms with Gasteiger partial charge in [0.25, 0.3) is 0 Å². The van der Waals surface area contributed by atoms with E-state index in [-0.39, 0.29) is 0 Å². The molecule has 0 aliphatic carbocycles. The van der Waals surface area contributed by atoms with Crippen LogP contribution in [0.4, 0.5) is 0 Å². The molecule has 0 nitrogen and oxygen atoms in total. The number of allylic oxidation sites excluding steroid dienone is 1. The Hall–Kier alpha value is -0.260. The van der Waals surface area contributed by atoms with Crippen LogP contribution in [0.2, 0.25) is 0 Å². The fourth-order valence-corrected chi connectivity index (χ4v) is 2.44. The average Bonchev–Trinajstić information content (AvgIpc) is 2.11. The Morgan fingerprint density at radius 3 is 1.94 bits per heavy atom. The molecule has 0 saturated carbocycles. The first-order chi connectivity index (χ1) is 7.10. The summed E-state index contributed by atoms with van der Waals surface area (Å²) in [5, 5.41) is 0. The molecule has 96 valence electrons. The fraction of sp³-hybridized carbons (Fsp3) is 0.875. The highest BCUT2D eigenvalue weighted by Gasteiger charge is 2.30. The lowest BCUT2D eigenvalue weighted by Crippen LogP contribution is -2.25. The topological polar surface area (TPSA) is 0 Å². The molecule has 0 heteroatoms. The zero-order valence-electron chi connectivity index (χ0n) is 12.6. The molecule has 0 fully saturated rings. The largest absolute Gasteiger partial charge is 0.0993 e. The summed E-state index contributed by atoms with van der Waals surface area (Å²) >= 11 is 0. The summed E-state index contributed by atoms with van der Waals surface area (Å²) in [7, 11) is 0. The lowest BCUT2D eigenvalue weighted by molar-refractivity contribution is 0.217. The lowest BCUT2D eigenvalue weighted by atomic mass is 9.68. The van der Waals surface area contributed by atoms with Crippen LogP contribution in [0.25, 0.3) is 0 Å². The van der Waals surface area contributed by atoms with Crippen molar-refractivity contribution in [2.45, 2.75) is 74.1 Å². The molecule has 0 N–H and O–H groups in total. The smallest absolute Gasteiger partial charge is 0.0117 e. The van der Waals surface area contributed by atoms with E-state index in [4.69, 9.17) is 0 Å². The maximum Gasteiger partial charge on any atom is -0.0117 e. The predicted molar refractivity (Wildman–Crippen MR) is 75.7 cm³/mol. The van der Waals surface area contributed by atoms with Gasteiger partial charge in [-0.05, 0) is 42.4 Å². The third-order valence-electron chi connectivity index (χ3n) is 3.58. The molecule has 1 atom stereocenters. The zero-order chi connectivity index (χ0) is 13.0. The van der Waals surface area contributed by atoms with Gasteiger partial charge in [0.2, 0.25) is 0 Å². The first kappa shape index (κ1) is 15.7. The minimum absolute atomic E-state index is 0.327. The molecule has 0 aliphatic heterocycles. The van der Waals surface area contributed by atoms with Crippen LogP contribution in [-0.4, -0.2) is 0 Å². The molecule has 0 aromatic carbocycles. The van der Waals surface area contributed by atoms with E-state index in [1.54, 1.807) is 0 Å². The Kier molecular flexibility index (Phi) is 5.79. The molecule has 0 aromatic rings. The van der Waals surface area contributed by atoms with Crippen molar-refractivity contribution in [2.75, 3.05) is 0 Å². The molecule has 0 spiro atoms. The van der Waals surface area contributed by atoms with Crippen LogP contribution in [0, 0.1) is 16.7 Å². The summed E-state index contributed by atoms with van der Waals surface area (Å²) in [5.74, 6) is 0.785. The summed E-state index contributed by atoms with van der Waals surface area (Å²) in [5.41, 5.74) is 2.18. The van der Waals surface area contributed by atoms with E-state index in [9.17, 15) is 0 Å². The van der Waals surface area contributed by atoms with Gasteiger partial charge in [-0.2, -0.15) is 0 Å². The number of hydrogen-bond acceptors (Lipinski definition) is 0. The van der Waals surface area contributed by atoms with Gasteiger partial charge >= 0.3 is 0 Å². The third-order valence-corrected chi connectivity index (χ3v) is 3.58. The van der Waals surface area contributed by atoms with Crippen LogP contribution < -0.4 is 0 Å². The first-order valence-corrected chi connectivity index (χ1v) is 6.79. The van der Waals surface area contributed by atoms with Gasteiger partial charge in [0.15, 0.2) is 0 Å². The van der Waals surface area contributed by atoms with Gasteiger partial charge in [0, 0.05) is 0 Å². The maximum absolute atomic E-state index is 4.35.